The van der Waals surface area contributed by atoms with Crippen molar-refractivity contribution in [2.75, 3.05) is 0 Å². The van der Waals surface area contributed by atoms with Gasteiger partial charge in [-0.05, 0) is 0 Å². The largest absolute Gasteiger partial charge is 1.00 e. The fourth-order valence-electron chi connectivity index (χ4n) is 0. The van der Waals surface area contributed by atoms with Crippen molar-refractivity contribution < 1.29 is 103 Å². The fourth-order valence-corrected chi connectivity index (χ4v) is 0. The van der Waals surface area contributed by atoms with Crippen LogP contribution in [0.15, 0.2) is 0 Å². The fraction of sp³-hybridized carbons (Fsp3) is 0. The topological polar surface area (TPSA) is 309 Å². The zero-order valence-electron chi connectivity index (χ0n) is 17.5. The van der Waals surface area contributed by atoms with Crippen LogP contribution in [-0.4, -0.2) is 44.5 Å². The molecule has 0 aliphatic carbocycles. The third-order valence-electron chi connectivity index (χ3n) is 1.00. The van der Waals surface area contributed by atoms with Crippen molar-refractivity contribution in [1.29, 1.82) is 15.8 Å². The first kappa shape index (κ1) is 49.8. The molecule has 0 spiro atoms. The van der Waals surface area contributed by atoms with E-state index in [1.54, 1.807) is 0 Å². The Morgan fingerprint density at radius 2 is 0.577 bits per heavy atom. The zero-order valence-corrected chi connectivity index (χ0v) is 21.6. The van der Waals surface area contributed by atoms with Crippen LogP contribution >= 0.6 is 0 Å². The van der Waals surface area contributed by atoms with Gasteiger partial charge in [0.2, 0.25) is 0 Å². The van der Waals surface area contributed by atoms with Gasteiger partial charge in [0.15, 0.2) is 0 Å². The molecule has 0 saturated carbocycles. The molecule has 0 fully saturated rings. The van der Waals surface area contributed by atoms with Gasteiger partial charge >= 0.3 is 51.8 Å². The first-order valence-electron chi connectivity index (χ1n) is 8.66. The van der Waals surface area contributed by atoms with Crippen molar-refractivity contribution in [3.8, 4) is 35.8 Å². The molecule has 0 bridgehead atoms. The summed E-state index contributed by atoms with van der Waals surface area (Å²) in [5.41, 5.74) is 20.4. The van der Waals surface area contributed by atoms with Gasteiger partial charge in [-0.3, -0.25) is 0 Å². The van der Waals surface area contributed by atoms with Gasteiger partial charge in [-0.2, -0.15) is 0 Å². The molecule has 140 valence electrons. The minimum atomic E-state index is -0.431. The quantitative estimate of drug-likeness (QED) is 0.119. The van der Waals surface area contributed by atoms with Crippen molar-refractivity contribution in [1.82, 2.24) is 0 Å². The number of hydrogen-bond donors (Lipinski definition) is 9. The summed E-state index contributed by atoms with van der Waals surface area (Å²) < 4.78 is 0. The average molecular weight is 488 g/mol. The van der Waals surface area contributed by atoms with Gasteiger partial charge in [0.1, 0.15) is 17.9 Å². The molecule has 0 amide bonds. The number of rotatable bonds is 0. The van der Waals surface area contributed by atoms with Crippen molar-refractivity contribution in [3.05, 3.63) is 0 Å². The van der Waals surface area contributed by atoms with Crippen molar-refractivity contribution in [2.45, 2.75) is 0 Å². The normalized spacial score (nSPS) is 4.62. The molecule has 26 heavy (non-hydrogen) atoms. The molecule has 0 aromatic rings. The van der Waals surface area contributed by atoms with E-state index in [4.69, 9.17) is 31.6 Å². The van der Waals surface area contributed by atoms with Crippen LogP contribution < -0.4 is 103 Å². The van der Waals surface area contributed by atoms with Crippen LogP contribution in [0.5, 0.6) is 0 Å². The van der Waals surface area contributed by atoms with Gasteiger partial charge < -0.3 is 57.8 Å². The molecule has 12 nitrogen and oxygen atoms in total. The van der Waals surface area contributed by atoms with E-state index < -0.39 is 22.2 Å². The van der Waals surface area contributed by atoms with Crippen molar-refractivity contribution in [3.63, 3.8) is 0 Å². The van der Waals surface area contributed by atoms with Gasteiger partial charge in [0.25, 0.3) is 22.2 Å². The number of nitriles is 3. The van der Waals surface area contributed by atoms with E-state index >= 15 is 0 Å². The molecule has 0 radical (unpaired) electrons. The third-order valence-corrected chi connectivity index (χ3v) is 1.00. The van der Waals surface area contributed by atoms with Gasteiger partial charge in [-0.25, -0.2) is 15.8 Å². The predicted octanol–water partition coefficient (Wildman–Crippen LogP) is -24.5. The minimum Gasteiger partial charge on any atom is -1.00 e. The second kappa shape index (κ2) is 106. The van der Waals surface area contributed by atoms with Gasteiger partial charge in [0.05, 0.1) is 0 Å². The monoisotopic (exact) mass is 489 g/mol. The van der Waals surface area contributed by atoms with Crippen molar-refractivity contribution in [2.24, 2.45) is 0 Å². The first-order chi connectivity index (χ1) is 11.5. The number of quaternary nitrogens is 6. The molecular formula is C6H33B6IN12Na+3. The molecule has 0 atom stereocenters. The van der Waals surface area contributed by atoms with Crippen LogP contribution in [0, 0.1) is 51.6 Å². The summed E-state index contributed by atoms with van der Waals surface area (Å²) in [6, 6.07) is 0. The van der Waals surface area contributed by atoms with Gasteiger partial charge in [-0.1, -0.05) is 17.9 Å². The summed E-state index contributed by atoms with van der Waals surface area (Å²) in [7, 11) is -2.25. The Balaban J connectivity index is -0.0000000245. The second-order valence-electron chi connectivity index (χ2n) is 3.54. The molecule has 0 rings (SSSR count). The molecule has 20 heteroatoms. The van der Waals surface area contributed by atoms with E-state index in [-0.39, 0.29) is 75.8 Å². The van der Waals surface area contributed by atoms with Crippen LogP contribution in [-0.2, 0) is 0 Å². The summed E-state index contributed by atoms with van der Waals surface area (Å²) in [4.78, 5) is 0. The molecule has 0 aromatic carbocycles. The van der Waals surface area contributed by atoms with E-state index in [0.29, 0.717) is 0 Å². The Morgan fingerprint density at radius 1 is 0.500 bits per heavy atom. The van der Waals surface area contributed by atoms with Gasteiger partial charge in [0, 0.05) is 0 Å². The van der Waals surface area contributed by atoms with E-state index in [1.807, 2.05) is 17.9 Å². The molecule has 0 aromatic heterocycles. The number of nitrogens with zero attached hydrogens (tertiary/aromatic N) is 3. The maximum atomic E-state index is 7.62. The van der Waals surface area contributed by atoms with Crippen LogP contribution in [0.25, 0.3) is 0 Å². The average Bonchev–Trinajstić information content (AvgIpc) is 2.68. The third kappa shape index (κ3) is 468. The summed E-state index contributed by atoms with van der Waals surface area (Å²) in [5, 5.41) is 41.4. The summed E-state index contributed by atoms with van der Waals surface area (Å²) >= 11 is 0. The zero-order chi connectivity index (χ0) is 20.5. The van der Waals surface area contributed by atoms with Crippen LogP contribution in [0.2, 0.25) is 0 Å². The summed E-state index contributed by atoms with van der Waals surface area (Å²) in [5.74, 6) is 12.4. The Kier molecular flexibility index (Phi) is 203. The molecule has 0 saturated heterocycles. The first-order valence-corrected chi connectivity index (χ1v) is 8.66. The van der Waals surface area contributed by atoms with Crippen molar-refractivity contribution >= 4 is 44.5 Å². The number of nitrogens with one attached hydrogen (secondary N) is 3. The Labute approximate surface area is 198 Å². The van der Waals surface area contributed by atoms with E-state index in [1.165, 1.54) is 0 Å². The van der Waals surface area contributed by atoms with Crippen LogP contribution in [0.1, 0.15) is 0 Å². The van der Waals surface area contributed by atoms with E-state index in [2.05, 4.69) is 51.8 Å². The molecular weight excluding hydrogens is 455 g/mol. The molecule has 21 N–H and O–H groups in total. The van der Waals surface area contributed by atoms with Crippen LogP contribution in [0.3, 0.4) is 0 Å². The minimum absolute atomic E-state index is 0. The van der Waals surface area contributed by atoms with Gasteiger partial charge in [-0.15, -0.1) is 15.8 Å². The Bertz CT molecular complexity index is 335. The maximum Gasteiger partial charge on any atom is 1.00 e. The Morgan fingerprint density at radius 3 is 0.577 bits per heavy atom. The summed E-state index contributed by atoms with van der Waals surface area (Å²) in [6.07, 6.45) is 0. The SMILES string of the molecule is N#C[BH2-][NH3+].N#C[BH2-][NH3+].N#C[BH2-][NH3+].[I-].[NH+]#C[BH2-][NH3+].[NH+]#C[BH2-][NH3+].[NH+]#C[BH2-][NH3+].[Na+]. The summed E-state index contributed by atoms with van der Waals surface area (Å²) in [6.45, 7) is 0. The predicted molar refractivity (Wildman–Crippen MR) is 100.0 cm³/mol. The number of halogens is 1. The maximum absolute atomic E-state index is 7.62. The molecule has 0 aliphatic heterocycles. The molecule has 0 aliphatic rings. The second-order valence-corrected chi connectivity index (χ2v) is 3.54. The smallest absolute Gasteiger partial charge is 1.00 e. The number of hydrogen-bond acceptors (Lipinski definition) is 3. The van der Waals surface area contributed by atoms with E-state index in [9.17, 15) is 0 Å². The van der Waals surface area contributed by atoms with Crippen LogP contribution in [0.4, 0.5) is 0 Å². The van der Waals surface area contributed by atoms with E-state index in [0.717, 1.165) is 0 Å². The molecule has 0 unspecified atom stereocenters. The standard InChI is InChI=1S/6CH5BN2.HI.Na/c6*3-1-2-4;;/h6*2H2,4H3;1H;/q;;;;;;;+1/p+2. The molecule has 0 heterocycles. The Hall–Kier alpha value is -1.18.